The average molecular weight is 303 g/mol. The molecule has 6 heteroatoms. The third-order valence-electron chi connectivity index (χ3n) is 4.07. The molecule has 118 valence electrons. The van der Waals surface area contributed by atoms with Gasteiger partial charge < -0.3 is 14.8 Å². The predicted octanol–water partition coefficient (Wildman–Crippen LogP) is 2.40. The molecule has 22 heavy (non-hydrogen) atoms. The molecule has 2 atom stereocenters. The van der Waals surface area contributed by atoms with Gasteiger partial charge in [-0.05, 0) is 31.4 Å². The van der Waals surface area contributed by atoms with Crippen molar-refractivity contribution in [3.05, 3.63) is 18.3 Å². The SMILES string of the molecule is COc1c(OC2CCCC(NC(C)=O)C2)ccc2[nH]ncc12. The van der Waals surface area contributed by atoms with E-state index in [1.54, 1.807) is 20.2 Å². The Morgan fingerprint density at radius 3 is 3.05 bits per heavy atom. The van der Waals surface area contributed by atoms with Gasteiger partial charge in [-0.3, -0.25) is 9.89 Å². The highest BCUT2D eigenvalue weighted by atomic mass is 16.5. The summed E-state index contributed by atoms with van der Waals surface area (Å²) in [4.78, 5) is 11.2. The Morgan fingerprint density at radius 1 is 1.41 bits per heavy atom. The van der Waals surface area contributed by atoms with Crippen LogP contribution in [0.2, 0.25) is 0 Å². The van der Waals surface area contributed by atoms with E-state index in [2.05, 4.69) is 15.5 Å². The number of hydrogen-bond acceptors (Lipinski definition) is 4. The lowest BCUT2D eigenvalue weighted by Gasteiger charge is -2.30. The summed E-state index contributed by atoms with van der Waals surface area (Å²) in [7, 11) is 1.63. The second-order valence-electron chi connectivity index (χ2n) is 5.73. The molecule has 0 radical (unpaired) electrons. The molecule has 2 aromatic rings. The van der Waals surface area contributed by atoms with E-state index < -0.39 is 0 Å². The van der Waals surface area contributed by atoms with Crippen molar-refractivity contribution >= 4 is 16.8 Å². The van der Waals surface area contributed by atoms with Crippen LogP contribution >= 0.6 is 0 Å². The summed E-state index contributed by atoms with van der Waals surface area (Å²) >= 11 is 0. The van der Waals surface area contributed by atoms with Crippen LogP contribution in [0.15, 0.2) is 18.3 Å². The second kappa shape index (κ2) is 6.25. The first-order valence-corrected chi connectivity index (χ1v) is 7.61. The Labute approximate surface area is 129 Å². The average Bonchev–Trinajstić information content (AvgIpc) is 2.95. The lowest BCUT2D eigenvalue weighted by atomic mass is 9.92. The van der Waals surface area contributed by atoms with E-state index in [4.69, 9.17) is 9.47 Å². The number of aromatic amines is 1. The van der Waals surface area contributed by atoms with Crippen LogP contribution in [0, 0.1) is 0 Å². The lowest BCUT2D eigenvalue weighted by Crippen LogP contribution is -2.40. The number of nitrogens with one attached hydrogen (secondary N) is 2. The summed E-state index contributed by atoms with van der Waals surface area (Å²) in [6.07, 6.45) is 5.70. The number of fused-ring (bicyclic) bond motifs is 1. The third kappa shape index (κ3) is 3.00. The molecular formula is C16H21N3O3. The molecule has 2 N–H and O–H groups in total. The molecule has 0 spiro atoms. The standard InChI is InChI=1S/C16H21N3O3/c1-10(20)18-11-4-3-5-12(8-11)22-15-7-6-14-13(9-17-19-14)16(15)21-2/h6-7,9,11-12H,3-5,8H2,1-2H3,(H,17,19)(H,18,20). The summed E-state index contributed by atoms with van der Waals surface area (Å²) in [6, 6.07) is 4.04. The second-order valence-corrected chi connectivity index (χ2v) is 5.73. The maximum absolute atomic E-state index is 11.2. The van der Waals surface area contributed by atoms with Gasteiger partial charge in [-0.2, -0.15) is 5.10 Å². The minimum atomic E-state index is 0.0167. The van der Waals surface area contributed by atoms with E-state index in [0.717, 1.165) is 42.3 Å². The predicted molar refractivity (Wildman–Crippen MR) is 83.1 cm³/mol. The van der Waals surface area contributed by atoms with Crippen molar-refractivity contribution in [1.82, 2.24) is 15.5 Å². The highest BCUT2D eigenvalue weighted by Gasteiger charge is 2.25. The number of amides is 1. The van der Waals surface area contributed by atoms with Crippen LogP contribution in [0.4, 0.5) is 0 Å². The van der Waals surface area contributed by atoms with E-state index in [1.165, 1.54) is 0 Å². The van der Waals surface area contributed by atoms with E-state index in [9.17, 15) is 4.79 Å². The molecule has 1 aromatic heterocycles. The Kier molecular flexibility index (Phi) is 4.18. The van der Waals surface area contributed by atoms with Crippen molar-refractivity contribution in [3.8, 4) is 11.5 Å². The Balaban J connectivity index is 1.76. The van der Waals surface area contributed by atoms with Crippen molar-refractivity contribution in [2.75, 3.05) is 7.11 Å². The van der Waals surface area contributed by atoms with Crippen LogP contribution in [0.25, 0.3) is 10.9 Å². The van der Waals surface area contributed by atoms with Gasteiger partial charge in [0.15, 0.2) is 11.5 Å². The van der Waals surface area contributed by atoms with Crippen LogP contribution < -0.4 is 14.8 Å². The molecule has 6 nitrogen and oxygen atoms in total. The molecular weight excluding hydrogens is 282 g/mol. The number of rotatable bonds is 4. The van der Waals surface area contributed by atoms with Crippen molar-refractivity contribution < 1.29 is 14.3 Å². The molecule has 0 bridgehead atoms. The van der Waals surface area contributed by atoms with E-state index in [1.807, 2.05) is 12.1 Å². The topological polar surface area (TPSA) is 76.2 Å². The van der Waals surface area contributed by atoms with Crippen molar-refractivity contribution in [3.63, 3.8) is 0 Å². The first kappa shape index (κ1) is 14.7. The van der Waals surface area contributed by atoms with Gasteiger partial charge in [0.25, 0.3) is 0 Å². The molecule has 1 amide bonds. The summed E-state index contributed by atoms with van der Waals surface area (Å²) in [5, 5.41) is 10.9. The van der Waals surface area contributed by atoms with Gasteiger partial charge in [-0.15, -0.1) is 0 Å². The number of nitrogens with zero attached hydrogens (tertiary/aromatic N) is 1. The van der Waals surface area contributed by atoms with Crippen LogP contribution in [-0.2, 0) is 4.79 Å². The third-order valence-corrected chi connectivity index (χ3v) is 4.07. The van der Waals surface area contributed by atoms with E-state index in [-0.39, 0.29) is 18.1 Å². The number of benzene rings is 1. The first-order valence-electron chi connectivity index (χ1n) is 7.61. The largest absolute Gasteiger partial charge is 0.492 e. The Morgan fingerprint density at radius 2 is 2.27 bits per heavy atom. The maximum Gasteiger partial charge on any atom is 0.217 e. The fourth-order valence-electron chi connectivity index (χ4n) is 3.13. The van der Waals surface area contributed by atoms with Crippen molar-refractivity contribution in [2.45, 2.75) is 44.8 Å². The molecule has 0 aliphatic heterocycles. The highest BCUT2D eigenvalue weighted by molar-refractivity contribution is 5.87. The zero-order valence-corrected chi connectivity index (χ0v) is 12.9. The molecule has 2 unspecified atom stereocenters. The highest BCUT2D eigenvalue weighted by Crippen LogP contribution is 2.36. The summed E-state index contributed by atoms with van der Waals surface area (Å²) in [5.74, 6) is 1.45. The molecule has 3 rings (SSSR count). The minimum absolute atomic E-state index is 0.0167. The summed E-state index contributed by atoms with van der Waals surface area (Å²) < 4.78 is 11.6. The number of hydrogen-bond donors (Lipinski definition) is 2. The molecule has 1 fully saturated rings. The van der Waals surface area contributed by atoms with E-state index >= 15 is 0 Å². The van der Waals surface area contributed by atoms with Gasteiger partial charge in [-0.25, -0.2) is 0 Å². The summed E-state index contributed by atoms with van der Waals surface area (Å²) in [6.45, 7) is 1.56. The fraction of sp³-hybridized carbons (Fsp3) is 0.500. The quantitative estimate of drug-likeness (QED) is 0.909. The zero-order valence-electron chi connectivity index (χ0n) is 12.9. The molecule has 1 aliphatic rings. The lowest BCUT2D eigenvalue weighted by molar-refractivity contribution is -0.120. The summed E-state index contributed by atoms with van der Waals surface area (Å²) in [5.41, 5.74) is 0.920. The number of ether oxygens (including phenoxy) is 2. The number of H-pyrrole nitrogens is 1. The van der Waals surface area contributed by atoms with Crippen molar-refractivity contribution in [2.24, 2.45) is 0 Å². The number of methoxy groups -OCH3 is 1. The Hall–Kier alpha value is -2.24. The van der Waals surface area contributed by atoms with Crippen LogP contribution in [0.1, 0.15) is 32.6 Å². The minimum Gasteiger partial charge on any atom is -0.492 e. The van der Waals surface area contributed by atoms with Crippen LogP contribution in [-0.4, -0.2) is 35.4 Å². The van der Waals surface area contributed by atoms with Gasteiger partial charge in [0.1, 0.15) is 6.10 Å². The molecule has 1 heterocycles. The monoisotopic (exact) mass is 303 g/mol. The van der Waals surface area contributed by atoms with Gasteiger partial charge in [0, 0.05) is 19.4 Å². The van der Waals surface area contributed by atoms with Crippen LogP contribution in [0.5, 0.6) is 11.5 Å². The van der Waals surface area contributed by atoms with E-state index in [0.29, 0.717) is 5.75 Å². The Bertz CT molecular complexity index is 668. The fourth-order valence-corrected chi connectivity index (χ4v) is 3.13. The maximum atomic E-state index is 11.2. The molecule has 1 aliphatic carbocycles. The van der Waals surface area contributed by atoms with Crippen molar-refractivity contribution in [1.29, 1.82) is 0 Å². The smallest absolute Gasteiger partial charge is 0.217 e. The number of carbonyl (C=O) groups excluding carboxylic acids is 1. The molecule has 0 saturated heterocycles. The van der Waals surface area contributed by atoms with Crippen LogP contribution in [0.3, 0.4) is 0 Å². The van der Waals surface area contributed by atoms with Gasteiger partial charge in [-0.1, -0.05) is 0 Å². The molecule has 1 saturated carbocycles. The zero-order chi connectivity index (χ0) is 15.5. The van der Waals surface area contributed by atoms with Gasteiger partial charge in [0.05, 0.1) is 24.2 Å². The number of carbonyl (C=O) groups is 1. The van der Waals surface area contributed by atoms with Gasteiger partial charge in [0.2, 0.25) is 5.91 Å². The normalized spacial score (nSPS) is 21.5. The molecule has 1 aromatic carbocycles. The number of aromatic nitrogens is 2. The van der Waals surface area contributed by atoms with Gasteiger partial charge >= 0.3 is 0 Å². The first-order chi connectivity index (χ1) is 10.7.